The molecule has 0 aliphatic heterocycles. The van der Waals surface area contributed by atoms with E-state index >= 15 is 0 Å². The molecule has 2 N–H and O–H groups in total. The summed E-state index contributed by atoms with van der Waals surface area (Å²) in [4.78, 5) is 12.1. The van der Waals surface area contributed by atoms with Gasteiger partial charge in [-0.3, -0.25) is 4.79 Å². The highest BCUT2D eigenvalue weighted by Gasteiger charge is 2.35. The zero-order valence-corrected chi connectivity index (χ0v) is 9.43. The molecule has 15 heavy (non-hydrogen) atoms. The molecule has 0 amide bonds. The highest BCUT2D eigenvalue weighted by atomic mass is 16.1. The van der Waals surface area contributed by atoms with Crippen molar-refractivity contribution in [3.05, 3.63) is 0 Å². The number of nitrogens with two attached hydrogens (primary N) is 1. The van der Waals surface area contributed by atoms with E-state index in [9.17, 15) is 4.79 Å². The van der Waals surface area contributed by atoms with Gasteiger partial charge in [-0.2, -0.15) is 0 Å². The van der Waals surface area contributed by atoms with Crippen molar-refractivity contribution in [2.24, 2.45) is 11.1 Å². The van der Waals surface area contributed by atoms with Crippen LogP contribution in [0.15, 0.2) is 0 Å². The van der Waals surface area contributed by atoms with Gasteiger partial charge in [0.05, 0.1) is 0 Å². The van der Waals surface area contributed by atoms with E-state index in [1.165, 1.54) is 12.8 Å². The number of carbonyl (C=O) groups is 1. The molecule has 0 heterocycles. The molecule has 1 fully saturated rings. The van der Waals surface area contributed by atoms with E-state index in [0.29, 0.717) is 25.2 Å². The molecule has 1 saturated carbocycles. The van der Waals surface area contributed by atoms with Crippen LogP contribution in [0, 0.1) is 17.8 Å². The molecule has 0 aromatic heterocycles. The summed E-state index contributed by atoms with van der Waals surface area (Å²) >= 11 is 0. The van der Waals surface area contributed by atoms with Crippen LogP contribution >= 0.6 is 0 Å². The van der Waals surface area contributed by atoms with E-state index in [1.807, 2.05) is 0 Å². The van der Waals surface area contributed by atoms with Crippen molar-refractivity contribution < 1.29 is 4.79 Å². The van der Waals surface area contributed by atoms with Gasteiger partial charge in [-0.25, -0.2) is 0 Å². The molecule has 2 nitrogen and oxygen atoms in total. The van der Waals surface area contributed by atoms with E-state index in [1.54, 1.807) is 0 Å². The average Bonchev–Trinajstić information content (AvgIpc) is 2.52. The summed E-state index contributed by atoms with van der Waals surface area (Å²) < 4.78 is 0. The van der Waals surface area contributed by atoms with Crippen molar-refractivity contribution in [1.29, 1.82) is 0 Å². The second-order valence-electron chi connectivity index (χ2n) is 4.53. The summed E-state index contributed by atoms with van der Waals surface area (Å²) in [5.41, 5.74) is 5.57. The first-order chi connectivity index (χ1) is 7.25. The quantitative estimate of drug-likeness (QED) is 0.567. The molecule has 0 bridgehead atoms. The predicted molar refractivity (Wildman–Crippen MR) is 62.3 cm³/mol. The third-order valence-electron chi connectivity index (χ3n) is 3.54. The Morgan fingerprint density at radius 3 is 2.33 bits per heavy atom. The fraction of sp³-hybridized carbons (Fsp3) is 0.769. The maximum absolute atomic E-state index is 12.1. The predicted octanol–water partition coefficient (Wildman–Crippen LogP) is 2.27. The third kappa shape index (κ3) is 3.07. The van der Waals surface area contributed by atoms with E-state index in [4.69, 9.17) is 12.2 Å². The Hall–Kier alpha value is -0.810. The molecule has 0 unspecified atom stereocenters. The molecule has 2 heteroatoms. The molecule has 1 rings (SSSR count). The normalized spacial score (nSPS) is 20.3. The van der Waals surface area contributed by atoms with Crippen LogP contribution < -0.4 is 5.73 Å². The monoisotopic (exact) mass is 207 g/mol. The molecule has 0 radical (unpaired) electrons. The van der Waals surface area contributed by atoms with Gasteiger partial charge >= 0.3 is 0 Å². The van der Waals surface area contributed by atoms with Crippen molar-refractivity contribution in [1.82, 2.24) is 0 Å². The molecule has 0 aromatic carbocycles. The highest BCUT2D eigenvalue weighted by molar-refractivity contribution is 5.85. The van der Waals surface area contributed by atoms with E-state index in [-0.39, 0.29) is 5.41 Å². The Balaban J connectivity index is 2.64. The van der Waals surface area contributed by atoms with Gasteiger partial charge in [-0.15, -0.1) is 12.3 Å². The number of hydrogen-bond acceptors (Lipinski definition) is 2. The molecule has 0 atom stereocenters. The van der Waals surface area contributed by atoms with Crippen LogP contribution in [-0.4, -0.2) is 12.3 Å². The third-order valence-corrected chi connectivity index (χ3v) is 3.54. The molecular formula is C13H21NO. The number of rotatable bonds is 4. The lowest BCUT2D eigenvalue weighted by molar-refractivity contribution is -0.129. The van der Waals surface area contributed by atoms with Crippen molar-refractivity contribution in [2.75, 3.05) is 6.54 Å². The topological polar surface area (TPSA) is 43.1 Å². The van der Waals surface area contributed by atoms with Crippen LogP contribution in [0.5, 0.6) is 0 Å². The van der Waals surface area contributed by atoms with E-state index in [0.717, 1.165) is 25.7 Å². The van der Waals surface area contributed by atoms with Gasteiger partial charge < -0.3 is 5.73 Å². The summed E-state index contributed by atoms with van der Waals surface area (Å²) in [6.07, 6.45) is 12.9. The molecule has 1 aliphatic carbocycles. The van der Waals surface area contributed by atoms with Crippen LogP contribution in [0.1, 0.15) is 51.4 Å². The Kier molecular flexibility index (Phi) is 4.84. The smallest absolute Gasteiger partial charge is 0.141 e. The first-order valence-corrected chi connectivity index (χ1v) is 5.92. The van der Waals surface area contributed by atoms with Crippen LogP contribution in [0.3, 0.4) is 0 Å². The number of terminal acetylenes is 1. The first-order valence-electron chi connectivity index (χ1n) is 5.92. The molecular weight excluding hydrogens is 186 g/mol. The summed E-state index contributed by atoms with van der Waals surface area (Å²) in [5.74, 6) is 2.83. The van der Waals surface area contributed by atoms with Gasteiger partial charge in [0, 0.05) is 24.8 Å². The maximum Gasteiger partial charge on any atom is 0.141 e. The van der Waals surface area contributed by atoms with Crippen LogP contribution in [0.25, 0.3) is 0 Å². The Morgan fingerprint density at radius 2 is 1.87 bits per heavy atom. The minimum atomic E-state index is -0.243. The second kappa shape index (κ2) is 5.92. The zero-order valence-electron chi connectivity index (χ0n) is 9.43. The molecule has 0 spiro atoms. The first kappa shape index (κ1) is 12.3. The van der Waals surface area contributed by atoms with Gasteiger partial charge in [0.25, 0.3) is 0 Å². The van der Waals surface area contributed by atoms with Gasteiger partial charge in [0.15, 0.2) is 0 Å². The number of Topliss-reactive ketones (excluding diaryl/α,β-unsaturated/α-hetero) is 1. The van der Waals surface area contributed by atoms with Crippen LogP contribution in [0.2, 0.25) is 0 Å². The Morgan fingerprint density at radius 1 is 1.27 bits per heavy atom. The summed E-state index contributed by atoms with van der Waals surface area (Å²) in [6, 6.07) is 0. The maximum atomic E-state index is 12.1. The largest absolute Gasteiger partial charge is 0.329 e. The number of hydrogen-bond donors (Lipinski definition) is 1. The molecule has 1 aliphatic rings. The van der Waals surface area contributed by atoms with Crippen molar-refractivity contribution in [2.45, 2.75) is 51.4 Å². The average molecular weight is 207 g/mol. The SMILES string of the molecule is C#CCCC(=O)C1(CN)CCCCCC1. The lowest BCUT2D eigenvalue weighted by Gasteiger charge is -2.29. The van der Waals surface area contributed by atoms with Gasteiger partial charge in [-0.05, 0) is 12.8 Å². The van der Waals surface area contributed by atoms with Crippen molar-refractivity contribution in [3.63, 3.8) is 0 Å². The lowest BCUT2D eigenvalue weighted by Crippen LogP contribution is -2.38. The summed E-state index contributed by atoms with van der Waals surface area (Å²) in [7, 11) is 0. The van der Waals surface area contributed by atoms with Gasteiger partial charge in [-0.1, -0.05) is 25.7 Å². The fourth-order valence-electron chi connectivity index (χ4n) is 2.45. The number of carbonyl (C=O) groups excluding carboxylic acids is 1. The van der Waals surface area contributed by atoms with Crippen LogP contribution in [0.4, 0.5) is 0 Å². The Labute approximate surface area is 92.6 Å². The fourth-order valence-corrected chi connectivity index (χ4v) is 2.45. The van der Waals surface area contributed by atoms with Crippen molar-refractivity contribution in [3.8, 4) is 12.3 Å². The minimum Gasteiger partial charge on any atom is -0.329 e. The van der Waals surface area contributed by atoms with Crippen molar-refractivity contribution >= 4 is 5.78 Å². The standard InChI is InChI=1S/C13H21NO/c1-2-3-8-12(15)13(11-14)9-6-4-5-7-10-13/h1H,3-11,14H2. The molecule has 0 aromatic rings. The summed E-state index contributed by atoms with van der Waals surface area (Å²) in [6.45, 7) is 0.496. The molecule has 0 saturated heterocycles. The lowest BCUT2D eigenvalue weighted by atomic mass is 9.75. The van der Waals surface area contributed by atoms with E-state index < -0.39 is 0 Å². The minimum absolute atomic E-state index is 0.243. The zero-order chi connectivity index (χ0) is 11.1. The Bertz CT molecular complexity index is 244. The van der Waals surface area contributed by atoms with Gasteiger partial charge in [0.2, 0.25) is 0 Å². The summed E-state index contributed by atoms with van der Waals surface area (Å²) in [5, 5.41) is 0. The number of ketones is 1. The molecule has 84 valence electrons. The van der Waals surface area contributed by atoms with E-state index in [2.05, 4.69) is 5.92 Å². The second-order valence-corrected chi connectivity index (χ2v) is 4.53. The highest BCUT2D eigenvalue weighted by Crippen LogP contribution is 2.36. The van der Waals surface area contributed by atoms with Crippen LogP contribution in [-0.2, 0) is 4.79 Å². The van der Waals surface area contributed by atoms with Gasteiger partial charge in [0.1, 0.15) is 5.78 Å².